The zero-order valence-corrected chi connectivity index (χ0v) is 21.8. The molecule has 0 aromatic carbocycles. The van der Waals surface area contributed by atoms with E-state index >= 15 is 0 Å². The molecule has 0 saturated carbocycles. The quantitative estimate of drug-likeness (QED) is 0.554. The second-order valence-electron chi connectivity index (χ2n) is 8.13. The highest BCUT2D eigenvalue weighted by molar-refractivity contribution is 9.11. The Balaban J connectivity index is 2.25. The van der Waals surface area contributed by atoms with Gasteiger partial charge in [0.1, 0.15) is 18.2 Å². The summed E-state index contributed by atoms with van der Waals surface area (Å²) in [4.78, 5) is 41.2. The molecule has 180 valence electrons. The molecule has 33 heavy (non-hydrogen) atoms. The lowest BCUT2D eigenvalue weighted by Gasteiger charge is -2.20. The van der Waals surface area contributed by atoms with Gasteiger partial charge in [0.25, 0.3) is 0 Å². The van der Waals surface area contributed by atoms with E-state index in [1.54, 1.807) is 19.1 Å². The molecule has 9 heteroatoms. The van der Waals surface area contributed by atoms with Gasteiger partial charge in [0, 0.05) is 31.2 Å². The topological polar surface area (TPSA) is 94.6 Å². The number of hydrogen-bond donors (Lipinski definition) is 1. The number of thiazole rings is 1. The maximum Gasteiger partial charge on any atom is 0.331 e. The molecular weight excluding hydrogens is 508 g/mol. The maximum absolute atomic E-state index is 12.6. The first kappa shape index (κ1) is 27.0. The smallest absolute Gasteiger partial charge is 0.331 e. The number of nitrogens with one attached hydrogen (secondary N) is 1. The molecule has 1 amide bonds. The van der Waals surface area contributed by atoms with E-state index in [9.17, 15) is 14.4 Å². The van der Waals surface area contributed by atoms with Gasteiger partial charge in [-0.3, -0.25) is 4.79 Å². The normalized spacial score (nSPS) is 26.5. The van der Waals surface area contributed by atoms with Crippen molar-refractivity contribution < 1.29 is 23.9 Å². The van der Waals surface area contributed by atoms with E-state index < -0.39 is 24.1 Å². The van der Waals surface area contributed by atoms with Crippen LogP contribution in [0, 0.1) is 0 Å². The average molecular weight is 539 g/mol. The third-order valence-corrected chi connectivity index (χ3v) is 5.97. The number of amides is 1. The van der Waals surface area contributed by atoms with Crippen LogP contribution in [0.2, 0.25) is 0 Å². The van der Waals surface area contributed by atoms with Crippen molar-refractivity contribution in [2.24, 2.45) is 0 Å². The number of halogens is 1. The van der Waals surface area contributed by atoms with Gasteiger partial charge in [0.05, 0.1) is 10.7 Å². The van der Waals surface area contributed by atoms with Crippen molar-refractivity contribution >= 4 is 45.1 Å². The van der Waals surface area contributed by atoms with Gasteiger partial charge in [0.15, 0.2) is 0 Å². The minimum absolute atomic E-state index is 0.272. The number of ether oxygens (including phenoxy) is 2. The third-order valence-electron chi connectivity index (χ3n) is 4.79. The van der Waals surface area contributed by atoms with Gasteiger partial charge in [-0.25, -0.2) is 14.6 Å². The van der Waals surface area contributed by atoms with E-state index in [0.717, 1.165) is 20.8 Å². The first-order chi connectivity index (χ1) is 15.6. The van der Waals surface area contributed by atoms with Crippen molar-refractivity contribution in [1.82, 2.24) is 10.3 Å². The van der Waals surface area contributed by atoms with Gasteiger partial charge in [-0.15, -0.1) is 11.3 Å². The van der Waals surface area contributed by atoms with Crippen LogP contribution in [0.1, 0.15) is 57.7 Å². The van der Waals surface area contributed by atoms with Crippen molar-refractivity contribution in [2.45, 2.75) is 78.0 Å². The molecule has 1 N–H and O–H groups in total. The summed E-state index contributed by atoms with van der Waals surface area (Å²) >= 11 is 4.92. The van der Waals surface area contributed by atoms with Gasteiger partial charge in [-0.05, 0) is 50.6 Å². The number of rotatable bonds is 2. The lowest BCUT2D eigenvalue weighted by atomic mass is 10.1. The molecule has 1 aliphatic heterocycles. The van der Waals surface area contributed by atoms with Crippen molar-refractivity contribution in [3.63, 3.8) is 0 Å². The molecular formula is C24H31BrN2O5S. The van der Waals surface area contributed by atoms with Crippen LogP contribution in [0.5, 0.6) is 0 Å². The Morgan fingerprint density at radius 2 is 2.03 bits per heavy atom. The molecule has 7 nitrogen and oxygen atoms in total. The number of cyclic esters (lactones) is 2. The van der Waals surface area contributed by atoms with Crippen LogP contribution in [0.15, 0.2) is 39.7 Å². The number of nitrogens with zero attached hydrogens (tertiary/aromatic N) is 1. The first-order valence-corrected chi connectivity index (χ1v) is 12.6. The molecule has 2 bridgehead atoms. The highest BCUT2D eigenvalue weighted by Gasteiger charge is 2.23. The summed E-state index contributed by atoms with van der Waals surface area (Å²) in [6, 6.07) is -0.697. The second kappa shape index (κ2) is 13.4. The van der Waals surface area contributed by atoms with Gasteiger partial charge in [-0.1, -0.05) is 33.7 Å². The van der Waals surface area contributed by atoms with Gasteiger partial charge < -0.3 is 14.8 Å². The lowest BCUT2D eigenvalue weighted by Crippen LogP contribution is -2.41. The molecule has 2 heterocycles. The van der Waals surface area contributed by atoms with Crippen LogP contribution in [0.3, 0.4) is 0 Å². The van der Waals surface area contributed by atoms with Gasteiger partial charge >= 0.3 is 11.9 Å². The molecule has 0 unspecified atom stereocenters. The van der Waals surface area contributed by atoms with Crippen molar-refractivity contribution in [3.05, 3.63) is 50.4 Å². The fourth-order valence-corrected chi connectivity index (χ4v) is 4.59. The monoisotopic (exact) mass is 538 g/mol. The molecule has 2 rings (SSSR count). The highest BCUT2D eigenvalue weighted by Crippen LogP contribution is 2.19. The number of aromatic nitrogens is 1. The molecule has 1 aliphatic rings. The average Bonchev–Trinajstić information content (AvgIpc) is 3.12. The van der Waals surface area contributed by atoms with E-state index in [0.29, 0.717) is 32.1 Å². The standard InChI is InChI=1S/C24H31BrN2O5S/c1-15-7-5-10-23(29)32-20(12-16(2)25)13-22-27-19(14-33-22)8-6-9-21(26-18(4)28)24(30)31-17(3)11-15/h5,7,10,12,14,17,20-21H,6,8-9,11,13H2,1-4H3,(H,26,28)/b10-5-,15-7+,16-12+/t17-,20+,21+/m0/s1. The van der Waals surface area contributed by atoms with E-state index in [1.807, 2.05) is 25.3 Å². The number of allylic oxidation sites excluding steroid dienone is 3. The third kappa shape index (κ3) is 10.5. The number of esters is 2. The summed E-state index contributed by atoms with van der Waals surface area (Å²) in [5.74, 6) is -1.16. The molecule has 0 radical (unpaired) electrons. The Labute approximate surface area is 207 Å². The summed E-state index contributed by atoms with van der Waals surface area (Å²) in [6.07, 6.45) is 8.60. The van der Waals surface area contributed by atoms with Crippen LogP contribution in [-0.4, -0.2) is 41.1 Å². The second-order valence-corrected chi connectivity index (χ2v) is 10.3. The van der Waals surface area contributed by atoms with E-state index in [2.05, 4.69) is 26.2 Å². The first-order valence-electron chi connectivity index (χ1n) is 10.9. The minimum atomic E-state index is -0.697. The van der Waals surface area contributed by atoms with E-state index in [4.69, 9.17) is 9.47 Å². The van der Waals surface area contributed by atoms with E-state index in [-0.39, 0.29) is 12.0 Å². The summed E-state index contributed by atoms with van der Waals surface area (Å²) in [5, 5.41) is 5.53. The SMILES string of the molecule is CC(=O)N[C@@H]1CCCc2csc(n2)C[C@@H](/C=C(\C)Br)OC(=O)/C=C\C=C(/C)C[C@H](C)OC1=O. The molecule has 0 fully saturated rings. The summed E-state index contributed by atoms with van der Waals surface area (Å²) < 4.78 is 12.0. The van der Waals surface area contributed by atoms with Crippen molar-refractivity contribution in [2.75, 3.05) is 0 Å². The van der Waals surface area contributed by atoms with Gasteiger partial charge in [0.2, 0.25) is 5.91 Å². The van der Waals surface area contributed by atoms with Crippen molar-refractivity contribution in [1.29, 1.82) is 0 Å². The Bertz CT molecular complexity index is 933. The lowest BCUT2D eigenvalue weighted by molar-refractivity contribution is -0.152. The number of hydrogen-bond acceptors (Lipinski definition) is 7. The molecule has 1 aromatic heterocycles. The molecule has 0 aliphatic carbocycles. The number of fused-ring (bicyclic) bond motifs is 2. The molecule has 0 saturated heterocycles. The Morgan fingerprint density at radius 1 is 1.27 bits per heavy atom. The van der Waals surface area contributed by atoms with Crippen molar-refractivity contribution in [3.8, 4) is 0 Å². The molecule has 3 atom stereocenters. The zero-order chi connectivity index (χ0) is 24.4. The minimum Gasteiger partial charge on any atom is -0.461 e. The Hall–Kier alpha value is -2.26. The maximum atomic E-state index is 12.6. The van der Waals surface area contributed by atoms with Crippen LogP contribution >= 0.6 is 27.3 Å². The van der Waals surface area contributed by atoms with Crippen LogP contribution < -0.4 is 5.32 Å². The Kier molecular flexibility index (Phi) is 11.0. The zero-order valence-electron chi connectivity index (χ0n) is 19.4. The number of aryl methyl sites for hydroxylation is 1. The van der Waals surface area contributed by atoms with Crippen LogP contribution in [0.25, 0.3) is 0 Å². The van der Waals surface area contributed by atoms with Gasteiger partial charge in [-0.2, -0.15) is 0 Å². The number of carbonyl (C=O) groups is 3. The molecule has 0 spiro atoms. The van der Waals surface area contributed by atoms with E-state index in [1.165, 1.54) is 24.3 Å². The van der Waals surface area contributed by atoms with Crippen LogP contribution in [-0.2, 0) is 36.7 Å². The summed E-state index contributed by atoms with van der Waals surface area (Å²) in [6.45, 7) is 6.97. The fourth-order valence-electron chi connectivity index (χ4n) is 3.42. The largest absolute Gasteiger partial charge is 0.461 e. The van der Waals surface area contributed by atoms with Crippen LogP contribution in [0.4, 0.5) is 0 Å². The summed E-state index contributed by atoms with van der Waals surface area (Å²) in [7, 11) is 0. The Morgan fingerprint density at radius 3 is 2.73 bits per heavy atom. The predicted octanol–water partition coefficient (Wildman–Crippen LogP) is 4.56. The number of carbonyl (C=O) groups excluding carboxylic acids is 3. The predicted molar refractivity (Wildman–Crippen MR) is 132 cm³/mol. The summed E-state index contributed by atoms with van der Waals surface area (Å²) in [5.41, 5.74) is 1.84. The molecule has 1 aromatic rings. The fraction of sp³-hybridized carbons (Fsp3) is 0.500. The highest BCUT2D eigenvalue weighted by atomic mass is 79.9.